The highest BCUT2D eigenvalue weighted by Gasteiger charge is 2.07. The predicted molar refractivity (Wildman–Crippen MR) is 48.7 cm³/mol. The third-order valence-electron chi connectivity index (χ3n) is 1.57. The monoisotopic (exact) mass is 164 g/mol. The summed E-state index contributed by atoms with van der Waals surface area (Å²) in [6, 6.07) is 4.22. The molecule has 1 aliphatic heterocycles. The number of nitrogens with zero attached hydrogens (tertiary/aromatic N) is 2. The van der Waals surface area contributed by atoms with Gasteiger partial charge < -0.3 is 0 Å². The van der Waals surface area contributed by atoms with Crippen molar-refractivity contribution in [2.45, 2.75) is 13.3 Å². The van der Waals surface area contributed by atoms with Gasteiger partial charge in [-0.05, 0) is 19.1 Å². The molecule has 2 heterocycles. The Balaban J connectivity index is 2.30. The Morgan fingerprint density at radius 3 is 2.91 bits per heavy atom. The van der Waals surface area contributed by atoms with Crippen LogP contribution in [-0.2, 0) is 0 Å². The third-order valence-corrected chi connectivity index (χ3v) is 2.62. The van der Waals surface area contributed by atoms with Crippen LogP contribution >= 0.6 is 11.3 Å². The summed E-state index contributed by atoms with van der Waals surface area (Å²) in [5.41, 5.74) is 1.10. The summed E-state index contributed by atoms with van der Waals surface area (Å²) in [5, 5.41) is 7.84. The smallest absolute Gasteiger partial charge is 0.0856 e. The summed E-state index contributed by atoms with van der Waals surface area (Å²) in [6.07, 6.45) is 2.73. The van der Waals surface area contributed by atoms with E-state index in [1.807, 2.05) is 6.21 Å². The minimum atomic E-state index is 0.889. The molecule has 2 rings (SSSR count). The lowest BCUT2D eigenvalue weighted by Gasteiger charge is -1.89. The highest BCUT2D eigenvalue weighted by Crippen LogP contribution is 2.18. The molecule has 0 atom stereocenters. The zero-order chi connectivity index (χ0) is 7.68. The maximum absolute atomic E-state index is 4.02. The van der Waals surface area contributed by atoms with Gasteiger partial charge in [0, 0.05) is 17.5 Å². The van der Waals surface area contributed by atoms with Crippen LogP contribution in [0.1, 0.15) is 16.2 Å². The zero-order valence-electron chi connectivity index (χ0n) is 6.24. The maximum atomic E-state index is 4.02. The minimum Gasteiger partial charge on any atom is -0.163 e. The van der Waals surface area contributed by atoms with Crippen LogP contribution in [0.15, 0.2) is 22.3 Å². The minimum absolute atomic E-state index is 0.889. The van der Waals surface area contributed by atoms with E-state index in [4.69, 9.17) is 0 Å². The van der Waals surface area contributed by atoms with Crippen LogP contribution in [0.2, 0.25) is 0 Å². The van der Waals surface area contributed by atoms with Gasteiger partial charge >= 0.3 is 0 Å². The van der Waals surface area contributed by atoms with Crippen molar-refractivity contribution in [2.75, 3.05) is 0 Å². The zero-order valence-corrected chi connectivity index (χ0v) is 7.06. The first-order chi connectivity index (χ1) is 5.36. The van der Waals surface area contributed by atoms with Crippen molar-refractivity contribution in [1.82, 2.24) is 0 Å². The lowest BCUT2D eigenvalue weighted by molar-refractivity contribution is 1.28. The molecule has 56 valence electrons. The molecule has 11 heavy (non-hydrogen) atoms. The Bertz CT molecular complexity index is 323. The van der Waals surface area contributed by atoms with Gasteiger partial charge in [-0.3, -0.25) is 0 Å². The number of hydrogen-bond donors (Lipinski definition) is 0. The summed E-state index contributed by atoms with van der Waals surface area (Å²) in [6.45, 7) is 2.10. The highest BCUT2D eigenvalue weighted by molar-refractivity contribution is 7.14. The average Bonchev–Trinajstić information content (AvgIpc) is 2.55. The molecule has 0 spiro atoms. The molecule has 0 bridgehead atoms. The predicted octanol–water partition coefficient (Wildman–Crippen LogP) is 2.24. The van der Waals surface area contributed by atoms with Gasteiger partial charge in [0.05, 0.1) is 10.6 Å². The third kappa shape index (κ3) is 1.24. The number of aryl methyl sites for hydroxylation is 1. The standard InChI is InChI=1S/C8H8N2S/c1-6-2-3-8(11-6)7-4-5-9-10-7/h2-3,5H,4H2,1H3. The largest absolute Gasteiger partial charge is 0.163 e. The van der Waals surface area contributed by atoms with Crippen molar-refractivity contribution >= 4 is 23.3 Å². The maximum Gasteiger partial charge on any atom is 0.0856 e. The second-order valence-electron chi connectivity index (χ2n) is 2.46. The lowest BCUT2D eigenvalue weighted by atomic mass is 10.2. The molecule has 0 radical (unpaired) electrons. The molecule has 0 aromatic carbocycles. The first-order valence-electron chi connectivity index (χ1n) is 3.51. The Kier molecular flexibility index (Phi) is 1.58. The number of rotatable bonds is 1. The number of thiophene rings is 1. The normalized spacial score (nSPS) is 15.5. The molecule has 0 saturated heterocycles. The topological polar surface area (TPSA) is 24.7 Å². The fraction of sp³-hybridized carbons (Fsp3) is 0.250. The van der Waals surface area contributed by atoms with Crippen molar-refractivity contribution in [3.8, 4) is 0 Å². The summed E-state index contributed by atoms with van der Waals surface area (Å²) < 4.78 is 0. The number of hydrogen-bond acceptors (Lipinski definition) is 3. The van der Waals surface area contributed by atoms with Gasteiger partial charge in [-0.2, -0.15) is 10.2 Å². The summed E-state index contributed by atoms with van der Waals surface area (Å²) in [7, 11) is 0. The van der Waals surface area contributed by atoms with Crippen LogP contribution in [0.3, 0.4) is 0 Å². The molecule has 1 aromatic rings. The Morgan fingerprint density at radius 2 is 2.36 bits per heavy atom. The summed E-state index contributed by atoms with van der Waals surface area (Å²) in [5.74, 6) is 0. The van der Waals surface area contributed by atoms with Gasteiger partial charge in [0.15, 0.2) is 0 Å². The summed E-state index contributed by atoms with van der Waals surface area (Å²) in [4.78, 5) is 2.58. The van der Waals surface area contributed by atoms with Crippen LogP contribution in [-0.4, -0.2) is 11.9 Å². The Morgan fingerprint density at radius 1 is 1.45 bits per heavy atom. The van der Waals surface area contributed by atoms with Crippen LogP contribution in [0.25, 0.3) is 0 Å². The van der Waals surface area contributed by atoms with Gasteiger partial charge in [0.1, 0.15) is 0 Å². The van der Waals surface area contributed by atoms with E-state index in [2.05, 4.69) is 29.3 Å². The molecule has 1 aliphatic rings. The van der Waals surface area contributed by atoms with Gasteiger partial charge in [0.2, 0.25) is 0 Å². The van der Waals surface area contributed by atoms with E-state index in [9.17, 15) is 0 Å². The van der Waals surface area contributed by atoms with E-state index >= 15 is 0 Å². The Labute approximate surface area is 69.3 Å². The Hall–Kier alpha value is -0.960. The molecule has 0 aliphatic carbocycles. The van der Waals surface area contributed by atoms with Gasteiger partial charge in [-0.25, -0.2) is 0 Å². The fourth-order valence-electron chi connectivity index (χ4n) is 1.02. The van der Waals surface area contributed by atoms with Crippen molar-refractivity contribution in [1.29, 1.82) is 0 Å². The first kappa shape index (κ1) is 6.73. The molecular weight excluding hydrogens is 156 g/mol. The highest BCUT2D eigenvalue weighted by atomic mass is 32.1. The van der Waals surface area contributed by atoms with Crippen molar-refractivity contribution in [2.24, 2.45) is 10.2 Å². The van der Waals surface area contributed by atoms with Crippen LogP contribution < -0.4 is 0 Å². The quantitative estimate of drug-likeness (QED) is 0.608. The van der Waals surface area contributed by atoms with E-state index in [1.165, 1.54) is 9.75 Å². The molecular formula is C8H8N2S. The van der Waals surface area contributed by atoms with E-state index < -0.39 is 0 Å². The molecule has 0 amide bonds. The fourth-order valence-corrected chi connectivity index (χ4v) is 1.88. The lowest BCUT2D eigenvalue weighted by Crippen LogP contribution is -1.92. The average molecular weight is 164 g/mol. The molecule has 0 fully saturated rings. The molecule has 0 saturated carbocycles. The first-order valence-corrected chi connectivity index (χ1v) is 4.33. The summed E-state index contributed by atoms with van der Waals surface area (Å²) >= 11 is 1.77. The van der Waals surface area contributed by atoms with Crippen molar-refractivity contribution < 1.29 is 0 Å². The molecule has 2 nitrogen and oxygen atoms in total. The molecule has 0 unspecified atom stereocenters. The van der Waals surface area contributed by atoms with Gasteiger partial charge in [0.25, 0.3) is 0 Å². The van der Waals surface area contributed by atoms with E-state index in [0.717, 1.165) is 12.1 Å². The molecule has 3 heteroatoms. The second kappa shape index (κ2) is 2.58. The molecule has 1 aromatic heterocycles. The van der Waals surface area contributed by atoms with E-state index in [1.54, 1.807) is 11.3 Å². The SMILES string of the molecule is Cc1ccc(C2=NN=CC2)s1. The van der Waals surface area contributed by atoms with E-state index in [0.29, 0.717) is 0 Å². The van der Waals surface area contributed by atoms with Crippen molar-refractivity contribution in [3.05, 3.63) is 21.9 Å². The van der Waals surface area contributed by atoms with Crippen LogP contribution in [0, 0.1) is 6.92 Å². The molecule has 0 N–H and O–H groups in total. The second-order valence-corrected chi connectivity index (χ2v) is 3.75. The van der Waals surface area contributed by atoms with Gasteiger partial charge in [-0.15, -0.1) is 11.3 Å². The van der Waals surface area contributed by atoms with Crippen LogP contribution in [0.5, 0.6) is 0 Å². The van der Waals surface area contributed by atoms with Crippen LogP contribution in [0.4, 0.5) is 0 Å². The van der Waals surface area contributed by atoms with Crippen molar-refractivity contribution in [3.63, 3.8) is 0 Å². The van der Waals surface area contributed by atoms with E-state index in [-0.39, 0.29) is 0 Å². The van der Waals surface area contributed by atoms with Gasteiger partial charge in [-0.1, -0.05) is 0 Å².